The Morgan fingerprint density at radius 3 is 2.44 bits per heavy atom. The van der Waals surface area contributed by atoms with Gasteiger partial charge >= 0.3 is 0 Å². The molecule has 1 spiro atoms. The van der Waals surface area contributed by atoms with Crippen LogP contribution in [0.3, 0.4) is 0 Å². The summed E-state index contributed by atoms with van der Waals surface area (Å²) >= 11 is 0. The minimum absolute atomic E-state index is 0. The van der Waals surface area contributed by atoms with Crippen LogP contribution in [-0.2, 0) is 16.1 Å². The molecule has 1 heterocycles. The van der Waals surface area contributed by atoms with Crippen molar-refractivity contribution >= 4 is 29.9 Å². The summed E-state index contributed by atoms with van der Waals surface area (Å²) < 4.78 is 0. The van der Waals surface area contributed by atoms with E-state index in [-0.39, 0.29) is 41.5 Å². The van der Waals surface area contributed by atoms with Gasteiger partial charge in [-0.15, -0.1) is 12.4 Å². The van der Waals surface area contributed by atoms with E-state index in [1.54, 1.807) is 0 Å². The van der Waals surface area contributed by atoms with Crippen molar-refractivity contribution in [3.05, 3.63) is 29.8 Å². The first kappa shape index (κ1) is 19.7. The monoisotopic (exact) mass is 365 g/mol. The summed E-state index contributed by atoms with van der Waals surface area (Å²) in [5, 5.41) is 9.29. The Balaban J connectivity index is 0.00000225. The zero-order valence-electron chi connectivity index (χ0n) is 14.9. The van der Waals surface area contributed by atoms with Gasteiger partial charge in [0.25, 0.3) is 0 Å². The van der Waals surface area contributed by atoms with E-state index in [4.69, 9.17) is 0 Å². The number of carbonyl (C=O) groups excluding carboxylic acids is 2. The van der Waals surface area contributed by atoms with Crippen LogP contribution in [0.25, 0.3) is 0 Å². The van der Waals surface area contributed by atoms with Crippen molar-refractivity contribution in [1.29, 1.82) is 0 Å². The highest BCUT2D eigenvalue weighted by molar-refractivity contribution is 5.92. The Morgan fingerprint density at radius 1 is 1.20 bits per heavy atom. The summed E-state index contributed by atoms with van der Waals surface area (Å²) in [7, 11) is 0. The summed E-state index contributed by atoms with van der Waals surface area (Å²) in [6.45, 7) is 6.35. The molecule has 138 valence electrons. The van der Waals surface area contributed by atoms with Gasteiger partial charge in [-0.3, -0.25) is 9.59 Å². The van der Waals surface area contributed by atoms with Crippen LogP contribution in [-0.4, -0.2) is 24.9 Å². The minimum Gasteiger partial charge on any atom is -0.352 e. The van der Waals surface area contributed by atoms with Gasteiger partial charge in [0.2, 0.25) is 11.8 Å². The molecule has 25 heavy (non-hydrogen) atoms. The van der Waals surface area contributed by atoms with Crippen LogP contribution >= 0.6 is 12.4 Å². The van der Waals surface area contributed by atoms with E-state index in [1.807, 2.05) is 38.1 Å². The molecule has 2 amide bonds. The van der Waals surface area contributed by atoms with Crippen LogP contribution in [0.1, 0.15) is 38.7 Å². The Morgan fingerprint density at radius 2 is 1.84 bits per heavy atom. The smallest absolute Gasteiger partial charge is 0.226 e. The number of hydrogen-bond donors (Lipinski definition) is 3. The van der Waals surface area contributed by atoms with E-state index < -0.39 is 0 Å². The lowest BCUT2D eigenvalue weighted by Crippen LogP contribution is -2.33. The second-order valence-corrected chi connectivity index (χ2v) is 7.43. The summed E-state index contributed by atoms with van der Waals surface area (Å²) in [4.78, 5) is 24.0. The van der Waals surface area contributed by atoms with Gasteiger partial charge in [0.1, 0.15) is 0 Å². The average Bonchev–Trinajstić information content (AvgIpc) is 3.27. The van der Waals surface area contributed by atoms with Crippen molar-refractivity contribution in [2.45, 2.75) is 39.7 Å². The molecule has 3 rings (SSSR count). The quantitative estimate of drug-likeness (QED) is 0.751. The SMILES string of the molecule is CC(C)C(=O)Nc1ccc(CNC(=O)C2CC23CCNCC3)cc1.Cl. The second-order valence-electron chi connectivity index (χ2n) is 7.43. The third-order valence-corrected chi connectivity index (χ3v) is 5.32. The van der Waals surface area contributed by atoms with Crippen LogP contribution < -0.4 is 16.0 Å². The zero-order chi connectivity index (χ0) is 17.2. The molecule has 2 fully saturated rings. The highest BCUT2D eigenvalue weighted by atomic mass is 35.5. The van der Waals surface area contributed by atoms with Crippen molar-refractivity contribution in [1.82, 2.24) is 10.6 Å². The molecule has 3 N–H and O–H groups in total. The number of piperidine rings is 1. The number of anilines is 1. The highest BCUT2D eigenvalue weighted by Gasteiger charge is 2.57. The Labute approximate surface area is 155 Å². The van der Waals surface area contributed by atoms with Crippen molar-refractivity contribution < 1.29 is 9.59 Å². The molecule has 1 saturated heterocycles. The fraction of sp³-hybridized carbons (Fsp3) is 0.579. The molecule has 6 heteroatoms. The Kier molecular flexibility index (Phi) is 6.47. The molecular weight excluding hydrogens is 338 g/mol. The summed E-state index contributed by atoms with van der Waals surface area (Å²) in [6, 6.07) is 7.66. The van der Waals surface area contributed by atoms with Crippen molar-refractivity contribution in [3.63, 3.8) is 0 Å². The lowest BCUT2D eigenvalue weighted by molar-refractivity contribution is -0.123. The summed E-state index contributed by atoms with van der Waals surface area (Å²) in [5.41, 5.74) is 2.12. The lowest BCUT2D eigenvalue weighted by atomic mass is 9.92. The van der Waals surface area contributed by atoms with E-state index in [2.05, 4.69) is 16.0 Å². The molecule has 5 nitrogen and oxygen atoms in total. The number of benzene rings is 1. The average molecular weight is 366 g/mol. The minimum atomic E-state index is -0.0372. The number of hydrogen-bond acceptors (Lipinski definition) is 3. The lowest BCUT2D eigenvalue weighted by Gasteiger charge is -2.23. The van der Waals surface area contributed by atoms with Gasteiger partial charge in [-0.2, -0.15) is 0 Å². The number of nitrogens with one attached hydrogen (secondary N) is 3. The molecule has 1 aliphatic carbocycles. The fourth-order valence-electron chi connectivity index (χ4n) is 3.50. The van der Waals surface area contributed by atoms with E-state index >= 15 is 0 Å². The predicted octanol–water partition coefficient (Wildman–Crippen LogP) is 2.71. The second kappa shape index (κ2) is 8.19. The van der Waals surface area contributed by atoms with Crippen molar-refractivity contribution in [2.75, 3.05) is 18.4 Å². The molecule has 1 unspecified atom stereocenters. The van der Waals surface area contributed by atoms with E-state index in [9.17, 15) is 9.59 Å². The molecule has 1 aromatic rings. The fourth-order valence-corrected chi connectivity index (χ4v) is 3.50. The molecule has 1 aliphatic heterocycles. The zero-order valence-corrected chi connectivity index (χ0v) is 15.7. The van der Waals surface area contributed by atoms with Gasteiger partial charge in [-0.05, 0) is 55.5 Å². The van der Waals surface area contributed by atoms with Crippen LogP contribution in [0.5, 0.6) is 0 Å². The third-order valence-electron chi connectivity index (χ3n) is 5.32. The van der Waals surface area contributed by atoms with Crippen molar-refractivity contribution in [2.24, 2.45) is 17.3 Å². The van der Waals surface area contributed by atoms with Gasteiger partial charge in [0.05, 0.1) is 0 Å². The maximum Gasteiger partial charge on any atom is 0.226 e. The van der Waals surface area contributed by atoms with Gasteiger partial charge in [0.15, 0.2) is 0 Å². The number of amides is 2. The molecule has 1 aromatic carbocycles. The van der Waals surface area contributed by atoms with E-state index in [0.29, 0.717) is 6.54 Å². The standard InChI is InChI=1S/C19H27N3O2.ClH/c1-13(2)17(23)22-15-5-3-14(4-6-15)12-21-18(24)16-11-19(16)7-9-20-10-8-19;/h3-6,13,16,20H,7-12H2,1-2H3,(H,21,24)(H,22,23);1H. The van der Waals surface area contributed by atoms with E-state index in [1.165, 1.54) is 0 Å². The van der Waals surface area contributed by atoms with E-state index in [0.717, 1.165) is 43.6 Å². The van der Waals surface area contributed by atoms with Gasteiger partial charge < -0.3 is 16.0 Å². The molecule has 2 aliphatic rings. The number of halogens is 1. The maximum atomic E-state index is 12.4. The normalized spacial score (nSPS) is 20.7. The molecule has 0 bridgehead atoms. The number of carbonyl (C=O) groups is 2. The molecular formula is C19H28ClN3O2. The maximum absolute atomic E-state index is 12.4. The predicted molar refractivity (Wildman–Crippen MR) is 102 cm³/mol. The van der Waals surface area contributed by atoms with Crippen molar-refractivity contribution in [3.8, 4) is 0 Å². The molecule has 0 aromatic heterocycles. The highest BCUT2D eigenvalue weighted by Crippen LogP contribution is 2.58. The van der Waals surface area contributed by atoms with Gasteiger partial charge in [0, 0.05) is 24.1 Å². The largest absolute Gasteiger partial charge is 0.352 e. The Hall–Kier alpha value is -1.59. The first-order valence-corrected chi connectivity index (χ1v) is 8.88. The summed E-state index contributed by atoms with van der Waals surface area (Å²) in [5.74, 6) is 0.361. The first-order valence-electron chi connectivity index (χ1n) is 8.88. The van der Waals surface area contributed by atoms with Gasteiger partial charge in [-0.25, -0.2) is 0 Å². The van der Waals surface area contributed by atoms with Gasteiger partial charge in [-0.1, -0.05) is 26.0 Å². The van der Waals surface area contributed by atoms with Crippen LogP contribution in [0.4, 0.5) is 5.69 Å². The third kappa shape index (κ3) is 4.73. The Bertz CT molecular complexity index is 610. The topological polar surface area (TPSA) is 70.2 Å². The first-order chi connectivity index (χ1) is 11.5. The van der Waals surface area contributed by atoms with Crippen LogP contribution in [0.2, 0.25) is 0 Å². The summed E-state index contributed by atoms with van der Waals surface area (Å²) in [6.07, 6.45) is 3.28. The van der Waals surface area contributed by atoms with Crippen LogP contribution in [0.15, 0.2) is 24.3 Å². The molecule has 1 atom stereocenters. The number of rotatable bonds is 5. The molecule has 1 saturated carbocycles. The van der Waals surface area contributed by atoms with Crippen LogP contribution in [0, 0.1) is 17.3 Å². The molecule has 0 radical (unpaired) electrons.